The van der Waals surface area contributed by atoms with Crippen molar-refractivity contribution in [1.29, 1.82) is 0 Å². The van der Waals surface area contributed by atoms with E-state index in [0.717, 1.165) is 11.5 Å². The van der Waals surface area contributed by atoms with Crippen molar-refractivity contribution in [2.24, 2.45) is 0 Å². The van der Waals surface area contributed by atoms with Crippen molar-refractivity contribution in [3.63, 3.8) is 0 Å². The summed E-state index contributed by atoms with van der Waals surface area (Å²) in [4.78, 5) is 8.76. The number of nitrogens with one attached hydrogen (secondary N) is 2. The molecule has 2 N–H and O–H groups in total. The standard InChI is InChI=1S/C16H17ClN6O/c1-10-9-13(18-2)22-16(20-10)21-11-5-6-12(24-3)15(14(11)17)23-8-4-7-19-23/h4-9H,1-3H3,(H2,18,20,21,22). The van der Waals surface area contributed by atoms with Crippen LogP contribution in [0.25, 0.3) is 5.69 Å². The predicted octanol–water partition coefficient (Wildman–Crippen LogP) is 3.42. The Morgan fingerprint density at radius 2 is 2.08 bits per heavy atom. The van der Waals surface area contributed by atoms with E-state index in [4.69, 9.17) is 16.3 Å². The molecule has 0 aliphatic rings. The molecule has 2 aromatic heterocycles. The highest BCUT2D eigenvalue weighted by atomic mass is 35.5. The van der Waals surface area contributed by atoms with Crippen LogP contribution in [-0.4, -0.2) is 33.9 Å². The maximum Gasteiger partial charge on any atom is 0.229 e. The summed E-state index contributed by atoms with van der Waals surface area (Å²) < 4.78 is 7.05. The minimum Gasteiger partial charge on any atom is -0.494 e. The molecular weight excluding hydrogens is 328 g/mol. The van der Waals surface area contributed by atoms with E-state index in [1.54, 1.807) is 24.2 Å². The Labute approximate surface area is 144 Å². The van der Waals surface area contributed by atoms with Gasteiger partial charge in [-0.1, -0.05) is 11.6 Å². The molecule has 7 nitrogen and oxygen atoms in total. The van der Waals surface area contributed by atoms with Crippen LogP contribution in [0, 0.1) is 6.92 Å². The molecule has 0 saturated heterocycles. The number of aromatic nitrogens is 4. The zero-order chi connectivity index (χ0) is 17.1. The summed E-state index contributed by atoms with van der Waals surface area (Å²) in [6.07, 6.45) is 3.48. The van der Waals surface area contributed by atoms with E-state index in [1.807, 2.05) is 38.2 Å². The van der Waals surface area contributed by atoms with Crippen LogP contribution in [-0.2, 0) is 0 Å². The van der Waals surface area contributed by atoms with Crippen molar-refractivity contribution in [2.75, 3.05) is 24.8 Å². The molecule has 24 heavy (non-hydrogen) atoms. The number of halogens is 1. The second-order valence-corrected chi connectivity index (χ2v) is 5.40. The monoisotopic (exact) mass is 344 g/mol. The van der Waals surface area contributed by atoms with Gasteiger partial charge < -0.3 is 15.4 Å². The average molecular weight is 345 g/mol. The molecule has 8 heteroatoms. The Morgan fingerprint density at radius 1 is 1.25 bits per heavy atom. The third-order valence-corrected chi connectivity index (χ3v) is 3.77. The van der Waals surface area contributed by atoms with Crippen LogP contribution in [0.1, 0.15) is 5.69 Å². The molecule has 1 aromatic carbocycles. The van der Waals surface area contributed by atoms with Gasteiger partial charge >= 0.3 is 0 Å². The van der Waals surface area contributed by atoms with Gasteiger partial charge in [0.05, 0.1) is 17.8 Å². The first-order valence-electron chi connectivity index (χ1n) is 7.29. The van der Waals surface area contributed by atoms with E-state index >= 15 is 0 Å². The third kappa shape index (κ3) is 3.11. The molecule has 0 radical (unpaired) electrons. The van der Waals surface area contributed by atoms with E-state index < -0.39 is 0 Å². The molecule has 2 heterocycles. The fourth-order valence-corrected chi connectivity index (χ4v) is 2.59. The lowest BCUT2D eigenvalue weighted by molar-refractivity contribution is 0.412. The van der Waals surface area contributed by atoms with Crippen molar-refractivity contribution in [2.45, 2.75) is 6.92 Å². The molecule has 0 saturated carbocycles. The summed E-state index contributed by atoms with van der Waals surface area (Å²) in [7, 11) is 3.40. The Kier molecular flexibility index (Phi) is 4.52. The molecule has 3 rings (SSSR count). The minimum absolute atomic E-state index is 0.456. The highest BCUT2D eigenvalue weighted by Gasteiger charge is 2.16. The van der Waals surface area contributed by atoms with Crippen molar-refractivity contribution < 1.29 is 4.74 Å². The molecule has 0 bridgehead atoms. The molecule has 0 aliphatic heterocycles. The first-order valence-corrected chi connectivity index (χ1v) is 7.67. The van der Waals surface area contributed by atoms with Gasteiger partial charge in [0.1, 0.15) is 17.3 Å². The highest BCUT2D eigenvalue weighted by molar-refractivity contribution is 6.35. The summed E-state index contributed by atoms with van der Waals surface area (Å²) in [5.74, 6) is 1.80. The summed E-state index contributed by atoms with van der Waals surface area (Å²) in [5, 5.41) is 10.8. The number of anilines is 3. The molecule has 0 atom stereocenters. The zero-order valence-electron chi connectivity index (χ0n) is 13.5. The first-order chi connectivity index (χ1) is 11.6. The van der Waals surface area contributed by atoms with E-state index in [1.165, 1.54) is 0 Å². The minimum atomic E-state index is 0.456. The smallest absolute Gasteiger partial charge is 0.229 e. The van der Waals surface area contributed by atoms with Crippen LogP contribution >= 0.6 is 11.6 Å². The SMILES string of the molecule is CNc1cc(C)nc(Nc2ccc(OC)c(-n3cccn3)c2Cl)n1. The maximum absolute atomic E-state index is 6.57. The third-order valence-electron chi connectivity index (χ3n) is 3.39. The van der Waals surface area contributed by atoms with E-state index in [9.17, 15) is 0 Å². The van der Waals surface area contributed by atoms with Gasteiger partial charge in [-0.15, -0.1) is 0 Å². The number of ether oxygens (including phenoxy) is 1. The van der Waals surface area contributed by atoms with Crippen molar-refractivity contribution in [1.82, 2.24) is 19.7 Å². The number of hydrogen-bond donors (Lipinski definition) is 2. The first kappa shape index (κ1) is 16.1. The van der Waals surface area contributed by atoms with Gasteiger partial charge in [-0.05, 0) is 25.1 Å². The topological polar surface area (TPSA) is 76.9 Å². The molecule has 0 amide bonds. The number of hydrogen-bond acceptors (Lipinski definition) is 6. The molecular formula is C16H17ClN6O. The second kappa shape index (κ2) is 6.76. The maximum atomic E-state index is 6.57. The Morgan fingerprint density at radius 3 is 2.75 bits per heavy atom. The molecule has 0 spiro atoms. The van der Waals surface area contributed by atoms with Gasteiger partial charge in [-0.25, -0.2) is 9.67 Å². The number of rotatable bonds is 5. The quantitative estimate of drug-likeness (QED) is 0.738. The summed E-state index contributed by atoms with van der Waals surface area (Å²) in [5.41, 5.74) is 2.15. The molecule has 3 aromatic rings. The number of benzene rings is 1. The Hall–Kier alpha value is -2.80. The van der Waals surface area contributed by atoms with Gasteiger partial charge in [0.25, 0.3) is 0 Å². The summed E-state index contributed by atoms with van der Waals surface area (Å²) in [6.45, 7) is 1.90. The molecule has 124 valence electrons. The number of methoxy groups -OCH3 is 1. The van der Waals surface area contributed by atoms with E-state index in [2.05, 4.69) is 25.7 Å². The normalized spacial score (nSPS) is 10.5. The van der Waals surface area contributed by atoms with Gasteiger partial charge in [-0.2, -0.15) is 10.1 Å². The van der Waals surface area contributed by atoms with Gasteiger partial charge in [0.15, 0.2) is 0 Å². The van der Waals surface area contributed by atoms with Gasteiger partial charge in [0, 0.05) is 31.2 Å². The van der Waals surface area contributed by atoms with Crippen molar-refractivity contribution >= 4 is 29.1 Å². The fraction of sp³-hybridized carbons (Fsp3) is 0.188. The van der Waals surface area contributed by atoms with Crippen LogP contribution < -0.4 is 15.4 Å². The fourth-order valence-electron chi connectivity index (χ4n) is 2.30. The van der Waals surface area contributed by atoms with Crippen LogP contribution in [0.4, 0.5) is 17.5 Å². The lowest BCUT2D eigenvalue weighted by Gasteiger charge is -2.15. The lowest BCUT2D eigenvalue weighted by atomic mass is 10.2. The zero-order valence-corrected chi connectivity index (χ0v) is 14.3. The van der Waals surface area contributed by atoms with E-state index in [-0.39, 0.29) is 0 Å². The number of nitrogens with zero attached hydrogens (tertiary/aromatic N) is 4. The second-order valence-electron chi connectivity index (χ2n) is 5.02. The Balaban J connectivity index is 2.03. The molecule has 0 aliphatic carbocycles. The summed E-state index contributed by atoms with van der Waals surface area (Å²) in [6, 6.07) is 7.31. The summed E-state index contributed by atoms with van der Waals surface area (Å²) >= 11 is 6.57. The van der Waals surface area contributed by atoms with Crippen LogP contribution in [0.3, 0.4) is 0 Å². The van der Waals surface area contributed by atoms with Crippen molar-refractivity contribution in [3.8, 4) is 11.4 Å². The van der Waals surface area contributed by atoms with Crippen LogP contribution in [0.5, 0.6) is 5.75 Å². The lowest BCUT2D eigenvalue weighted by Crippen LogP contribution is -2.05. The van der Waals surface area contributed by atoms with Crippen LogP contribution in [0.2, 0.25) is 5.02 Å². The van der Waals surface area contributed by atoms with Crippen molar-refractivity contribution in [3.05, 3.63) is 47.4 Å². The van der Waals surface area contributed by atoms with Crippen LogP contribution in [0.15, 0.2) is 36.7 Å². The largest absolute Gasteiger partial charge is 0.494 e. The van der Waals surface area contributed by atoms with Gasteiger partial charge in [-0.3, -0.25) is 0 Å². The highest BCUT2D eigenvalue weighted by Crippen LogP contribution is 2.37. The average Bonchev–Trinajstić information content (AvgIpc) is 3.10. The predicted molar refractivity (Wildman–Crippen MR) is 94.7 cm³/mol. The number of aryl methyl sites for hydroxylation is 1. The van der Waals surface area contributed by atoms with Gasteiger partial charge in [0.2, 0.25) is 5.95 Å². The molecule has 0 fully saturated rings. The molecule has 0 unspecified atom stereocenters. The Bertz CT molecular complexity index is 850. The van der Waals surface area contributed by atoms with E-state index in [0.29, 0.717) is 28.1 Å².